The minimum Gasteiger partial charge on any atom is -0.393 e. The maximum Gasteiger partial charge on any atom is 0.0543 e. The van der Waals surface area contributed by atoms with Gasteiger partial charge in [-0.1, -0.05) is 53.9 Å². The summed E-state index contributed by atoms with van der Waals surface area (Å²) in [4.78, 5) is 0. The molecule has 9 atom stereocenters. The van der Waals surface area contributed by atoms with Crippen LogP contribution in [0.15, 0.2) is 0 Å². The van der Waals surface area contributed by atoms with Gasteiger partial charge in [0.05, 0.1) is 6.10 Å². The fourth-order valence-electron chi connectivity index (χ4n) is 9.26. The van der Waals surface area contributed by atoms with Gasteiger partial charge in [0.15, 0.2) is 0 Å². The monoisotopic (exact) mass is 388 g/mol. The molecule has 4 fully saturated rings. The van der Waals surface area contributed by atoms with Crippen LogP contribution in [0.4, 0.5) is 0 Å². The van der Waals surface area contributed by atoms with Crippen LogP contribution in [0, 0.1) is 52.3 Å². The second-order valence-electron chi connectivity index (χ2n) is 12.6. The van der Waals surface area contributed by atoms with E-state index in [0.29, 0.717) is 10.8 Å². The first kappa shape index (κ1) is 21.2. The normalized spacial score (nSPS) is 49.4. The van der Waals surface area contributed by atoms with Crippen molar-refractivity contribution < 1.29 is 5.11 Å². The lowest BCUT2D eigenvalue weighted by molar-refractivity contribution is -0.129. The van der Waals surface area contributed by atoms with E-state index in [0.717, 1.165) is 54.3 Å². The minimum atomic E-state index is -0.00830. The van der Waals surface area contributed by atoms with Gasteiger partial charge in [-0.2, -0.15) is 0 Å². The second-order valence-corrected chi connectivity index (χ2v) is 12.6. The Morgan fingerprint density at radius 1 is 0.821 bits per heavy atom. The van der Waals surface area contributed by atoms with Gasteiger partial charge in [0, 0.05) is 0 Å². The number of fused-ring (bicyclic) bond motifs is 5. The smallest absolute Gasteiger partial charge is 0.0543 e. The summed E-state index contributed by atoms with van der Waals surface area (Å²) in [6, 6.07) is 0. The molecule has 4 aliphatic carbocycles. The lowest BCUT2D eigenvalue weighted by Gasteiger charge is -2.61. The van der Waals surface area contributed by atoms with Crippen LogP contribution in [-0.4, -0.2) is 11.2 Å². The van der Waals surface area contributed by atoms with E-state index in [1.807, 2.05) is 0 Å². The third kappa shape index (κ3) is 3.50. The molecule has 0 heterocycles. The number of hydrogen-bond acceptors (Lipinski definition) is 1. The molecule has 0 saturated heterocycles. The summed E-state index contributed by atoms with van der Waals surface area (Å²) in [6.45, 7) is 12.7. The highest BCUT2D eigenvalue weighted by atomic mass is 16.3. The van der Waals surface area contributed by atoms with Crippen LogP contribution in [0.1, 0.15) is 112 Å². The molecule has 1 N–H and O–H groups in total. The van der Waals surface area contributed by atoms with Crippen LogP contribution in [-0.2, 0) is 0 Å². The van der Waals surface area contributed by atoms with E-state index in [4.69, 9.17) is 0 Å². The molecular formula is C27H48O. The van der Waals surface area contributed by atoms with E-state index in [1.165, 1.54) is 64.2 Å². The van der Waals surface area contributed by atoms with Gasteiger partial charge >= 0.3 is 0 Å². The Bertz CT molecular complexity index is 540. The van der Waals surface area contributed by atoms with Crippen LogP contribution < -0.4 is 0 Å². The molecule has 0 aromatic carbocycles. The fourth-order valence-corrected chi connectivity index (χ4v) is 9.26. The summed E-state index contributed by atoms with van der Waals surface area (Å²) in [5, 5.41) is 10.3. The lowest BCUT2D eigenvalue weighted by Crippen LogP contribution is -2.54. The molecular weight excluding hydrogens is 340 g/mol. The Kier molecular flexibility index (Phi) is 5.98. The highest BCUT2D eigenvalue weighted by molar-refractivity contribution is 5.09. The van der Waals surface area contributed by atoms with Crippen LogP contribution in [0.2, 0.25) is 0 Å². The first-order chi connectivity index (χ1) is 13.3. The Hall–Kier alpha value is -0.0400. The molecule has 4 saturated carbocycles. The summed E-state index contributed by atoms with van der Waals surface area (Å²) in [5.41, 5.74) is 1.15. The standard InChI is InChI=1S/C27H48O/c1-18(2)7-6-8-19(3)23-11-12-24-22-10-9-20-17-21(28)13-15-26(20,4)25(22)14-16-27(23,24)5/h18-25,28H,6-17H2,1-5H3/t19?,20?,21-,22-,23?,24?,25?,26-,27+/m0/s1. The Morgan fingerprint density at radius 3 is 2.29 bits per heavy atom. The van der Waals surface area contributed by atoms with Crippen LogP contribution in [0.25, 0.3) is 0 Å². The molecule has 4 rings (SSSR count). The third-order valence-electron chi connectivity index (χ3n) is 10.8. The highest BCUT2D eigenvalue weighted by Crippen LogP contribution is 2.68. The van der Waals surface area contributed by atoms with Crippen molar-refractivity contribution >= 4 is 0 Å². The summed E-state index contributed by atoms with van der Waals surface area (Å²) in [5.74, 6) is 6.49. The molecule has 0 aromatic heterocycles. The van der Waals surface area contributed by atoms with Crippen molar-refractivity contribution in [3.05, 3.63) is 0 Å². The van der Waals surface area contributed by atoms with Gasteiger partial charge in [-0.05, 0) is 110 Å². The predicted molar refractivity (Wildman–Crippen MR) is 119 cm³/mol. The maximum atomic E-state index is 10.3. The van der Waals surface area contributed by atoms with Gasteiger partial charge in [-0.15, -0.1) is 0 Å². The van der Waals surface area contributed by atoms with Gasteiger partial charge in [-0.3, -0.25) is 0 Å². The van der Waals surface area contributed by atoms with E-state index in [2.05, 4.69) is 34.6 Å². The van der Waals surface area contributed by atoms with Crippen molar-refractivity contribution in [3.63, 3.8) is 0 Å². The quantitative estimate of drug-likeness (QED) is 0.518. The summed E-state index contributed by atoms with van der Waals surface area (Å²) >= 11 is 0. The Morgan fingerprint density at radius 2 is 1.54 bits per heavy atom. The minimum absolute atomic E-state index is 0.00830. The van der Waals surface area contributed by atoms with Gasteiger partial charge < -0.3 is 5.11 Å². The number of aliphatic hydroxyl groups excluding tert-OH is 1. The van der Waals surface area contributed by atoms with Gasteiger partial charge in [0.2, 0.25) is 0 Å². The van der Waals surface area contributed by atoms with E-state index in [1.54, 1.807) is 0 Å². The maximum absolute atomic E-state index is 10.3. The predicted octanol–water partition coefficient (Wildman–Crippen LogP) is 7.47. The molecule has 0 amide bonds. The van der Waals surface area contributed by atoms with Gasteiger partial charge in [0.25, 0.3) is 0 Å². The molecule has 0 spiro atoms. The van der Waals surface area contributed by atoms with Crippen molar-refractivity contribution in [2.24, 2.45) is 52.3 Å². The molecule has 4 aliphatic rings. The largest absolute Gasteiger partial charge is 0.393 e. The molecule has 0 aromatic rings. The Labute approximate surface area is 175 Å². The molecule has 5 unspecified atom stereocenters. The average molecular weight is 389 g/mol. The average Bonchev–Trinajstić information content (AvgIpc) is 2.99. The molecule has 0 bridgehead atoms. The molecule has 162 valence electrons. The van der Waals surface area contributed by atoms with Crippen molar-refractivity contribution in [2.75, 3.05) is 0 Å². The fraction of sp³-hybridized carbons (Fsp3) is 1.00. The summed E-state index contributed by atoms with van der Waals surface area (Å²) in [7, 11) is 0. The SMILES string of the molecule is CC(C)CCCC(C)C1CCC2[C@@H]3CCC4C[C@@H](O)CC[C@]4(C)C3CC[C@]12C. The van der Waals surface area contributed by atoms with Crippen molar-refractivity contribution in [2.45, 2.75) is 118 Å². The highest BCUT2D eigenvalue weighted by Gasteiger charge is 2.60. The van der Waals surface area contributed by atoms with E-state index in [-0.39, 0.29) is 6.10 Å². The van der Waals surface area contributed by atoms with E-state index < -0.39 is 0 Å². The van der Waals surface area contributed by atoms with Crippen LogP contribution in [0.5, 0.6) is 0 Å². The van der Waals surface area contributed by atoms with E-state index >= 15 is 0 Å². The van der Waals surface area contributed by atoms with Crippen molar-refractivity contribution in [1.82, 2.24) is 0 Å². The van der Waals surface area contributed by atoms with Gasteiger partial charge in [0.1, 0.15) is 0 Å². The number of rotatable bonds is 5. The first-order valence-corrected chi connectivity index (χ1v) is 12.9. The van der Waals surface area contributed by atoms with Crippen molar-refractivity contribution in [3.8, 4) is 0 Å². The molecule has 1 heteroatoms. The lowest BCUT2D eigenvalue weighted by atomic mass is 9.44. The third-order valence-corrected chi connectivity index (χ3v) is 10.8. The zero-order valence-electron chi connectivity index (χ0n) is 19.6. The zero-order chi connectivity index (χ0) is 20.1. The first-order valence-electron chi connectivity index (χ1n) is 12.9. The van der Waals surface area contributed by atoms with E-state index in [9.17, 15) is 5.11 Å². The van der Waals surface area contributed by atoms with Crippen molar-refractivity contribution in [1.29, 1.82) is 0 Å². The summed E-state index contributed by atoms with van der Waals surface area (Å²) in [6.07, 6.45) is 16.6. The summed E-state index contributed by atoms with van der Waals surface area (Å²) < 4.78 is 0. The van der Waals surface area contributed by atoms with Crippen LogP contribution >= 0.6 is 0 Å². The Balaban J connectivity index is 1.46. The molecule has 1 nitrogen and oxygen atoms in total. The molecule has 28 heavy (non-hydrogen) atoms. The van der Waals surface area contributed by atoms with Gasteiger partial charge in [-0.25, -0.2) is 0 Å². The number of aliphatic hydroxyl groups is 1. The second kappa shape index (κ2) is 7.90. The topological polar surface area (TPSA) is 20.2 Å². The molecule has 0 radical (unpaired) electrons. The molecule has 0 aliphatic heterocycles. The zero-order valence-corrected chi connectivity index (χ0v) is 19.6. The number of hydrogen-bond donors (Lipinski definition) is 1. The van der Waals surface area contributed by atoms with Crippen LogP contribution in [0.3, 0.4) is 0 Å².